The first-order valence-corrected chi connectivity index (χ1v) is 5.51. The molecule has 0 saturated heterocycles. The van der Waals surface area contributed by atoms with Crippen molar-refractivity contribution in [3.8, 4) is 0 Å². The average Bonchev–Trinajstić information content (AvgIpc) is 1.97. The number of aromatic nitrogens is 1. The molecule has 0 radical (unpaired) electrons. The third-order valence-electron chi connectivity index (χ3n) is 2.62. The van der Waals surface area contributed by atoms with Gasteiger partial charge in [0.05, 0.1) is 0 Å². The van der Waals surface area contributed by atoms with Crippen molar-refractivity contribution in [3.63, 3.8) is 0 Å². The maximum absolute atomic E-state index is 12.4. The monoisotopic (exact) mass is 279 g/mol. The van der Waals surface area contributed by atoms with Crippen molar-refractivity contribution >= 4 is 15.9 Å². The first-order chi connectivity index (χ1) is 6.97. The Balaban J connectivity index is 2.36. The van der Waals surface area contributed by atoms with E-state index < -0.39 is 11.9 Å². The van der Waals surface area contributed by atoms with Crippen molar-refractivity contribution in [1.82, 2.24) is 4.98 Å². The first kappa shape index (κ1) is 10.9. The molecular weight excluding hydrogens is 271 g/mol. The van der Waals surface area contributed by atoms with E-state index in [1.165, 1.54) is 0 Å². The molecule has 5 heteroatoms. The van der Waals surface area contributed by atoms with Crippen LogP contribution in [-0.2, 0) is 6.18 Å². The van der Waals surface area contributed by atoms with Crippen LogP contribution in [0, 0.1) is 0 Å². The standard InChI is InChI=1S/C10H9BrF3N/c11-7-4-8(6-2-1-3-6)15-9(5-7)10(12,13)14/h4-6H,1-3H2. The van der Waals surface area contributed by atoms with Crippen LogP contribution in [0.5, 0.6) is 0 Å². The van der Waals surface area contributed by atoms with Crippen LogP contribution >= 0.6 is 15.9 Å². The van der Waals surface area contributed by atoms with Crippen LogP contribution in [0.4, 0.5) is 13.2 Å². The maximum Gasteiger partial charge on any atom is 0.433 e. The van der Waals surface area contributed by atoms with Crippen LogP contribution in [0.15, 0.2) is 16.6 Å². The largest absolute Gasteiger partial charge is 0.433 e. The van der Waals surface area contributed by atoms with Crippen LogP contribution in [0.3, 0.4) is 0 Å². The van der Waals surface area contributed by atoms with Gasteiger partial charge in [0.15, 0.2) is 0 Å². The fourth-order valence-corrected chi connectivity index (χ4v) is 2.03. The zero-order valence-electron chi connectivity index (χ0n) is 7.81. The molecule has 1 aliphatic carbocycles. The second-order valence-corrected chi connectivity index (χ2v) is 4.64. The Morgan fingerprint density at radius 2 is 1.93 bits per heavy atom. The fraction of sp³-hybridized carbons (Fsp3) is 0.500. The van der Waals surface area contributed by atoms with Gasteiger partial charge in [0, 0.05) is 16.1 Å². The zero-order chi connectivity index (χ0) is 11.1. The van der Waals surface area contributed by atoms with Crippen molar-refractivity contribution in [3.05, 3.63) is 28.0 Å². The van der Waals surface area contributed by atoms with E-state index in [-0.39, 0.29) is 5.92 Å². The minimum Gasteiger partial charge on any atom is -0.248 e. The van der Waals surface area contributed by atoms with Crippen LogP contribution in [0.1, 0.15) is 36.6 Å². The van der Waals surface area contributed by atoms with Crippen molar-refractivity contribution in [2.45, 2.75) is 31.4 Å². The van der Waals surface area contributed by atoms with Gasteiger partial charge in [0.1, 0.15) is 5.69 Å². The van der Waals surface area contributed by atoms with Gasteiger partial charge in [-0.25, -0.2) is 4.98 Å². The predicted molar refractivity (Wildman–Crippen MR) is 53.5 cm³/mol. The quantitative estimate of drug-likeness (QED) is 0.753. The van der Waals surface area contributed by atoms with Crippen LogP contribution in [-0.4, -0.2) is 4.98 Å². The lowest BCUT2D eigenvalue weighted by Gasteiger charge is -2.25. The molecule has 1 saturated carbocycles. The van der Waals surface area contributed by atoms with Gasteiger partial charge in [-0.15, -0.1) is 0 Å². The number of nitrogens with zero attached hydrogens (tertiary/aromatic N) is 1. The van der Waals surface area contributed by atoms with Gasteiger partial charge >= 0.3 is 6.18 Å². The smallest absolute Gasteiger partial charge is 0.248 e. The number of rotatable bonds is 1. The van der Waals surface area contributed by atoms with Crippen molar-refractivity contribution in [2.24, 2.45) is 0 Å². The first-order valence-electron chi connectivity index (χ1n) is 4.71. The van der Waals surface area contributed by atoms with E-state index in [1.807, 2.05) is 0 Å². The lowest BCUT2D eigenvalue weighted by Crippen LogP contribution is -2.15. The molecule has 1 nitrogen and oxygen atoms in total. The summed E-state index contributed by atoms with van der Waals surface area (Å²) in [7, 11) is 0. The number of halogens is 4. The number of hydrogen-bond donors (Lipinski definition) is 0. The molecule has 0 N–H and O–H groups in total. The molecular formula is C10H9BrF3N. The molecule has 0 unspecified atom stereocenters. The molecule has 15 heavy (non-hydrogen) atoms. The summed E-state index contributed by atoms with van der Waals surface area (Å²) in [6.45, 7) is 0. The van der Waals surface area contributed by atoms with Gasteiger partial charge in [-0.05, 0) is 25.0 Å². The van der Waals surface area contributed by atoms with E-state index in [0.717, 1.165) is 25.3 Å². The zero-order valence-corrected chi connectivity index (χ0v) is 9.40. The Labute approximate surface area is 93.8 Å². The Morgan fingerprint density at radius 1 is 1.27 bits per heavy atom. The summed E-state index contributed by atoms with van der Waals surface area (Å²) < 4.78 is 37.8. The third kappa shape index (κ3) is 2.33. The molecule has 1 aromatic rings. The van der Waals surface area contributed by atoms with Gasteiger partial charge in [-0.1, -0.05) is 22.4 Å². The lowest BCUT2D eigenvalue weighted by atomic mass is 9.82. The Bertz CT molecular complexity index is 371. The second-order valence-electron chi connectivity index (χ2n) is 3.72. The second kappa shape index (κ2) is 3.77. The van der Waals surface area contributed by atoms with Crippen molar-refractivity contribution in [2.75, 3.05) is 0 Å². The summed E-state index contributed by atoms with van der Waals surface area (Å²) in [5.74, 6) is 0.212. The number of alkyl halides is 3. The molecule has 2 rings (SSSR count). The third-order valence-corrected chi connectivity index (χ3v) is 3.08. The SMILES string of the molecule is FC(F)(F)c1cc(Br)cc(C2CCC2)n1. The molecule has 0 bridgehead atoms. The highest BCUT2D eigenvalue weighted by atomic mass is 79.9. The highest BCUT2D eigenvalue weighted by Crippen LogP contribution is 2.38. The Kier molecular flexibility index (Phi) is 2.75. The molecule has 82 valence electrons. The molecule has 0 atom stereocenters. The highest BCUT2D eigenvalue weighted by Gasteiger charge is 2.34. The summed E-state index contributed by atoms with van der Waals surface area (Å²) in [5.41, 5.74) is -0.248. The average molecular weight is 280 g/mol. The topological polar surface area (TPSA) is 12.9 Å². The summed E-state index contributed by atoms with van der Waals surface area (Å²) in [6.07, 6.45) is -1.38. The normalized spacial score (nSPS) is 17.6. The molecule has 1 aliphatic rings. The van der Waals surface area contributed by atoms with E-state index in [1.54, 1.807) is 6.07 Å². The minimum absolute atomic E-state index is 0.212. The van der Waals surface area contributed by atoms with Crippen molar-refractivity contribution < 1.29 is 13.2 Å². The Hall–Kier alpha value is -0.580. The van der Waals surface area contributed by atoms with Gasteiger partial charge < -0.3 is 0 Å². The summed E-state index contributed by atoms with van der Waals surface area (Å²) in [5, 5.41) is 0. The molecule has 1 heterocycles. The summed E-state index contributed by atoms with van der Waals surface area (Å²) in [6, 6.07) is 2.70. The molecule has 0 aromatic carbocycles. The van der Waals surface area contributed by atoms with Crippen LogP contribution < -0.4 is 0 Å². The number of pyridine rings is 1. The van der Waals surface area contributed by atoms with E-state index in [9.17, 15) is 13.2 Å². The van der Waals surface area contributed by atoms with Crippen molar-refractivity contribution in [1.29, 1.82) is 0 Å². The van der Waals surface area contributed by atoms with Gasteiger partial charge in [0.25, 0.3) is 0 Å². The van der Waals surface area contributed by atoms with Gasteiger partial charge in [-0.3, -0.25) is 0 Å². The Morgan fingerprint density at radius 3 is 2.40 bits per heavy atom. The van der Waals surface area contributed by atoms with E-state index in [0.29, 0.717) is 10.2 Å². The maximum atomic E-state index is 12.4. The molecule has 0 amide bonds. The molecule has 1 fully saturated rings. The van der Waals surface area contributed by atoms with Crippen LogP contribution in [0.2, 0.25) is 0 Å². The van der Waals surface area contributed by atoms with E-state index >= 15 is 0 Å². The molecule has 0 aliphatic heterocycles. The van der Waals surface area contributed by atoms with Crippen LogP contribution in [0.25, 0.3) is 0 Å². The lowest BCUT2D eigenvalue weighted by molar-refractivity contribution is -0.141. The molecule has 0 spiro atoms. The van der Waals surface area contributed by atoms with Gasteiger partial charge in [0.2, 0.25) is 0 Å². The minimum atomic E-state index is -4.36. The van der Waals surface area contributed by atoms with E-state index in [4.69, 9.17) is 0 Å². The summed E-state index contributed by atoms with van der Waals surface area (Å²) in [4.78, 5) is 3.67. The van der Waals surface area contributed by atoms with Gasteiger partial charge in [-0.2, -0.15) is 13.2 Å². The van der Waals surface area contributed by atoms with E-state index in [2.05, 4.69) is 20.9 Å². The number of hydrogen-bond acceptors (Lipinski definition) is 1. The molecule has 1 aromatic heterocycles. The fourth-order valence-electron chi connectivity index (χ4n) is 1.58. The highest BCUT2D eigenvalue weighted by molar-refractivity contribution is 9.10. The summed E-state index contributed by atoms with van der Waals surface area (Å²) >= 11 is 3.09. The predicted octanol–water partition coefficient (Wildman–Crippen LogP) is 4.13.